The Balaban J connectivity index is 2.08. The van der Waals surface area contributed by atoms with Crippen molar-refractivity contribution in [2.75, 3.05) is 18.2 Å². The van der Waals surface area contributed by atoms with Crippen LogP contribution in [0.4, 0.5) is 5.69 Å². The Hall–Kier alpha value is -1.73. The molecule has 0 amide bonds. The van der Waals surface area contributed by atoms with Crippen LogP contribution in [-0.4, -0.2) is 40.3 Å². The highest BCUT2D eigenvalue weighted by Crippen LogP contribution is 2.27. The fraction of sp³-hybridized carbons (Fsp3) is 0.333. The predicted octanol–water partition coefficient (Wildman–Crippen LogP) is 1.51. The molecular formula is C12H14N2O4S. The number of phenols is 1. The molecule has 0 radical (unpaired) electrons. The highest BCUT2D eigenvalue weighted by atomic mass is 32.2. The number of hydrogen-bond acceptors (Lipinski definition) is 6. The highest BCUT2D eigenvalue weighted by Gasteiger charge is 2.24. The Labute approximate surface area is 114 Å². The molecule has 1 atom stereocenters. The van der Waals surface area contributed by atoms with E-state index in [0.717, 1.165) is 5.56 Å². The number of ether oxygens (including phenoxy) is 1. The maximum absolute atomic E-state index is 10.8. The molecule has 0 aromatic heterocycles. The van der Waals surface area contributed by atoms with Gasteiger partial charge in [0.05, 0.1) is 12.3 Å². The van der Waals surface area contributed by atoms with Gasteiger partial charge in [0.15, 0.2) is 11.2 Å². The molecular weight excluding hydrogens is 268 g/mol. The SMILES string of the molecule is COCc1ccc(NC2=N[C@H](C(=O)O)CS2)c(O)c1. The number of aliphatic imine (C=N–C) groups is 1. The lowest BCUT2D eigenvalue weighted by Crippen LogP contribution is -2.17. The third-order valence-electron chi connectivity index (χ3n) is 2.55. The molecule has 0 bridgehead atoms. The third-order valence-corrected chi connectivity index (χ3v) is 3.51. The van der Waals surface area contributed by atoms with Gasteiger partial charge in [0.1, 0.15) is 5.75 Å². The van der Waals surface area contributed by atoms with Gasteiger partial charge < -0.3 is 20.3 Å². The molecule has 2 rings (SSSR count). The minimum atomic E-state index is -0.941. The van der Waals surface area contributed by atoms with Crippen LogP contribution in [0.2, 0.25) is 0 Å². The number of nitrogens with one attached hydrogen (secondary N) is 1. The number of benzene rings is 1. The molecule has 6 nitrogen and oxygen atoms in total. The van der Waals surface area contributed by atoms with Gasteiger partial charge >= 0.3 is 5.97 Å². The third kappa shape index (κ3) is 3.39. The number of carbonyl (C=O) groups is 1. The second kappa shape index (κ2) is 5.94. The van der Waals surface area contributed by atoms with E-state index in [2.05, 4.69) is 10.3 Å². The minimum Gasteiger partial charge on any atom is -0.506 e. The van der Waals surface area contributed by atoms with Crippen molar-refractivity contribution in [2.24, 2.45) is 4.99 Å². The second-order valence-corrected chi connectivity index (χ2v) is 5.02. The van der Waals surface area contributed by atoms with E-state index in [-0.39, 0.29) is 5.75 Å². The number of aromatic hydroxyl groups is 1. The molecule has 0 spiro atoms. The van der Waals surface area contributed by atoms with E-state index in [4.69, 9.17) is 9.84 Å². The number of hydrogen-bond donors (Lipinski definition) is 3. The van der Waals surface area contributed by atoms with Gasteiger partial charge in [-0.2, -0.15) is 0 Å². The van der Waals surface area contributed by atoms with Crippen molar-refractivity contribution in [1.82, 2.24) is 0 Å². The van der Waals surface area contributed by atoms with Crippen molar-refractivity contribution in [3.05, 3.63) is 23.8 Å². The Morgan fingerprint density at radius 2 is 2.42 bits per heavy atom. The van der Waals surface area contributed by atoms with Gasteiger partial charge in [-0.25, -0.2) is 9.79 Å². The summed E-state index contributed by atoms with van der Waals surface area (Å²) in [5.74, 6) is -0.458. The van der Waals surface area contributed by atoms with Gasteiger partial charge in [0, 0.05) is 12.9 Å². The van der Waals surface area contributed by atoms with Crippen LogP contribution in [0.25, 0.3) is 0 Å². The van der Waals surface area contributed by atoms with Crippen LogP contribution in [0.3, 0.4) is 0 Å². The molecule has 7 heteroatoms. The van der Waals surface area contributed by atoms with Gasteiger partial charge in [-0.1, -0.05) is 17.8 Å². The van der Waals surface area contributed by atoms with Crippen molar-refractivity contribution in [3.63, 3.8) is 0 Å². The summed E-state index contributed by atoms with van der Waals surface area (Å²) in [6, 6.07) is 4.41. The molecule has 1 aromatic rings. The van der Waals surface area contributed by atoms with Crippen molar-refractivity contribution < 1.29 is 19.7 Å². The Kier molecular flexibility index (Phi) is 4.28. The molecule has 0 fully saturated rings. The summed E-state index contributed by atoms with van der Waals surface area (Å²) >= 11 is 1.32. The van der Waals surface area contributed by atoms with E-state index < -0.39 is 12.0 Å². The largest absolute Gasteiger partial charge is 0.506 e. The van der Waals surface area contributed by atoms with Crippen LogP contribution in [0.1, 0.15) is 5.56 Å². The van der Waals surface area contributed by atoms with E-state index in [0.29, 0.717) is 23.2 Å². The molecule has 1 aromatic carbocycles. The smallest absolute Gasteiger partial charge is 0.329 e. The van der Waals surface area contributed by atoms with Gasteiger partial charge in [0.25, 0.3) is 0 Å². The number of rotatable bonds is 4. The molecule has 102 valence electrons. The summed E-state index contributed by atoms with van der Waals surface area (Å²) in [7, 11) is 1.58. The number of thioether (sulfide) groups is 1. The van der Waals surface area contributed by atoms with Gasteiger partial charge in [-0.15, -0.1) is 0 Å². The zero-order chi connectivity index (χ0) is 13.8. The maximum atomic E-state index is 10.8. The van der Waals surface area contributed by atoms with E-state index in [9.17, 15) is 9.90 Å². The van der Waals surface area contributed by atoms with E-state index in [1.165, 1.54) is 11.8 Å². The summed E-state index contributed by atoms with van der Waals surface area (Å²) in [5, 5.41) is 22.1. The molecule has 1 heterocycles. The average Bonchev–Trinajstić information content (AvgIpc) is 2.82. The Morgan fingerprint density at radius 3 is 3.00 bits per heavy atom. The molecule has 19 heavy (non-hydrogen) atoms. The predicted molar refractivity (Wildman–Crippen MR) is 73.8 cm³/mol. The number of methoxy groups -OCH3 is 1. The van der Waals surface area contributed by atoms with Crippen molar-refractivity contribution in [1.29, 1.82) is 0 Å². The zero-order valence-electron chi connectivity index (χ0n) is 10.3. The lowest BCUT2D eigenvalue weighted by Gasteiger charge is -2.08. The maximum Gasteiger partial charge on any atom is 0.329 e. The summed E-state index contributed by atoms with van der Waals surface area (Å²) in [6.07, 6.45) is 0. The first kappa shape index (κ1) is 13.7. The van der Waals surface area contributed by atoms with Crippen LogP contribution in [-0.2, 0) is 16.1 Å². The van der Waals surface area contributed by atoms with Crippen LogP contribution in [0, 0.1) is 0 Å². The average molecular weight is 282 g/mol. The monoisotopic (exact) mass is 282 g/mol. The van der Waals surface area contributed by atoms with E-state index in [1.807, 2.05) is 6.07 Å². The molecule has 0 saturated carbocycles. The van der Waals surface area contributed by atoms with Crippen LogP contribution >= 0.6 is 11.8 Å². The summed E-state index contributed by atoms with van der Waals surface area (Å²) in [6.45, 7) is 0.421. The molecule has 3 N–H and O–H groups in total. The minimum absolute atomic E-state index is 0.0802. The first-order chi connectivity index (χ1) is 9.10. The van der Waals surface area contributed by atoms with Gasteiger partial charge in [0.2, 0.25) is 0 Å². The molecule has 0 aliphatic carbocycles. The summed E-state index contributed by atoms with van der Waals surface area (Å²) in [4.78, 5) is 14.8. The first-order valence-electron chi connectivity index (χ1n) is 5.61. The number of anilines is 1. The molecule has 0 saturated heterocycles. The molecule has 1 aliphatic rings. The number of nitrogens with zero attached hydrogens (tertiary/aromatic N) is 1. The normalized spacial score (nSPS) is 18.2. The highest BCUT2D eigenvalue weighted by molar-refractivity contribution is 8.14. The van der Waals surface area contributed by atoms with Crippen molar-refractivity contribution >= 4 is 28.6 Å². The van der Waals surface area contributed by atoms with E-state index in [1.54, 1.807) is 19.2 Å². The molecule has 0 unspecified atom stereocenters. The number of phenolic OH excluding ortho intramolecular Hbond substituents is 1. The van der Waals surface area contributed by atoms with Crippen LogP contribution < -0.4 is 5.32 Å². The summed E-state index contributed by atoms with van der Waals surface area (Å²) < 4.78 is 4.97. The lowest BCUT2D eigenvalue weighted by atomic mass is 10.2. The number of amidine groups is 1. The Morgan fingerprint density at radius 1 is 1.63 bits per heavy atom. The number of aliphatic carboxylic acids is 1. The zero-order valence-corrected chi connectivity index (χ0v) is 11.1. The quantitative estimate of drug-likeness (QED) is 0.725. The topological polar surface area (TPSA) is 91.2 Å². The number of carboxylic acid groups (broad SMARTS) is 1. The summed E-state index contributed by atoms with van der Waals surface area (Å²) in [5.41, 5.74) is 1.35. The van der Waals surface area contributed by atoms with E-state index >= 15 is 0 Å². The van der Waals surface area contributed by atoms with Crippen LogP contribution in [0.15, 0.2) is 23.2 Å². The number of carboxylic acids is 1. The standard InChI is InChI=1S/C12H14N2O4S/c1-18-5-7-2-3-8(10(15)4-7)13-12-14-9(6-19-12)11(16)17/h2-4,9,15H,5-6H2,1H3,(H,13,14)(H,16,17)/t9-/m0/s1. The molecule has 1 aliphatic heterocycles. The van der Waals surface area contributed by atoms with Gasteiger partial charge in [-0.3, -0.25) is 0 Å². The van der Waals surface area contributed by atoms with Gasteiger partial charge in [-0.05, 0) is 17.7 Å². The fourth-order valence-corrected chi connectivity index (χ4v) is 2.54. The lowest BCUT2D eigenvalue weighted by molar-refractivity contribution is -0.137. The Bertz CT molecular complexity index is 518. The fourth-order valence-electron chi connectivity index (χ4n) is 1.62. The van der Waals surface area contributed by atoms with Crippen LogP contribution in [0.5, 0.6) is 5.75 Å². The van der Waals surface area contributed by atoms with Crippen molar-refractivity contribution in [2.45, 2.75) is 12.6 Å². The second-order valence-electron chi connectivity index (χ2n) is 4.01. The van der Waals surface area contributed by atoms with Crippen molar-refractivity contribution in [3.8, 4) is 5.75 Å². The first-order valence-corrected chi connectivity index (χ1v) is 6.60.